The first-order valence-electron chi connectivity index (χ1n) is 6.23. The Bertz CT molecular complexity index is 275. The number of alkyl carbamates (subject to hydrolysis) is 1. The number of carbonyl (C=O) groups excluding carboxylic acids is 2. The van der Waals surface area contributed by atoms with Gasteiger partial charge in [0.15, 0.2) is 5.78 Å². The standard InChI is InChI=1S/C13H22NO3/c1-13(2,3)17-12(16)14-9-11(15)10-7-5-4-6-8-10/h4-9H2,1-3H3,(H,14,16). The van der Waals surface area contributed by atoms with E-state index in [-0.39, 0.29) is 12.3 Å². The molecule has 0 aliphatic heterocycles. The Morgan fingerprint density at radius 1 is 1.18 bits per heavy atom. The monoisotopic (exact) mass is 240 g/mol. The lowest BCUT2D eigenvalue weighted by Crippen LogP contribution is -2.37. The number of hydrogen-bond donors (Lipinski definition) is 1. The van der Waals surface area contributed by atoms with Crippen LogP contribution in [-0.4, -0.2) is 24.0 Å². The summed E-state index contributed by atoms with van der Waals surface area (Å²) in [6.07, 6.45) is 4.63. The van der Waals surface area contributed by atoms with Crippen LogP contribution in [0.25, 0.3) is 0 Å². The minimum atomic E-state index is -0.526. The van der Waals surface area contributed by atoms with Crippen molar-refractivity contribution in [3.63, 3.8) is 0 Å². The van der Waals surface area contributed by atoms with Crippen LogP contribution in [0.1, 0.15) is 52.9 Å². The lowest BCUT2D eigenvalue weighted by atomic mass is 9.86. The molecule has 1 saturated carbocycles. The zero-order valence-electron chi connectivity index (χ0n) is 11.0. The van der Waals surface area contributed by atoms with Gasteiger partial charge in [-0.2, -0.15) is 0 Å². The first-order chi connectivity index (χ1) is 7.88. The molecule has 1 aliphatic rings. The zero-order chi connectivity index (χ0) is 12.9. The average Bonchev–Trinajstić information content (AvgIpc) is 2.25. The number of hydrogen-bond acceptors (Lipinski definition) is 3. The molecule has 0 aromatic heterocycles. The molecule has 0 aromatic carbocycles. The summed E-state index contributed by atoms with van der Waals surface area (Å²) in [5.74, 6) is 1.02. The third-order valence-electron chi connectivity index (χ3n) is 2.64. The fourth-order valence-corrected chi connectivity index (χ4v) is 1.85. The van der Waals surface area contributed by atoms with Crippen molar-refractivity contribution in [1.82, 2.24) is 5.32 Å². The van der Waals surface area contributed by atoms with E-state index in [1.165, 1.54) is 6.42 Å². The summed E-state index contributed by atoms with van der Waals surface area (Å²) in [6, 6.07) is 0. The Balaban J connectivity index is 2.25. The maximum atomic E-state index is 11.8. The molecule has 1 N–H and O–H groups in total. The second-order valence-corrected chi connectivity index (χ2v) is 5.44. The van der Waals surface area contributed by atoms with Gasteiger partial charge in [-0.1, -0.05) is 19.3 Å². The van der Waals surface area contributed by atoms with Crippen LogP contribution in [0.5, 0.6) is 0 Å². The molecule has 97 valence electrons. The van der Waals surface area contributed by atoms with E-state index >= 15 is 0 Å². The van der Waals surface area contributed by atoms with Gasteiger partial charge in [0.2, 0.25) is 0 Å². The molecule has 0 atom stereocenters. The van der Waals surface area contributed by atoms with Crippen molar-refractivity contribution >= 4 is 11.9 Å². The Hall–Kier alpha value is -1.06. The molecule has 1 rings (SSSR count). The molecule has 0 spiro atoms. The maximum Gasteiger partial charge on any atom is 0.408 e. The van der Waals surface area contributed by atoms with Crippen molar-refractivity contribution in [1.29, 1.82) is 0 Å². The molecule has 0 saturated heterocycles. The molecule has 1 radical (unpaired) electrons. The molecule has 17 heavy (non-hydrogen) atoms. The Labute approximate surface area is 103 Å². The average molecular weight is 240 g/mol. The van der Waals surface area contributed by atoms with Gasteiger partial charge in [0.25, 0.3) is 0 Å². The van der Waals surface area contributed by atoms with Gasteiger partial charge in [0.1, 0.15) is 5.60 Å². The van der Waals surface area contributed by atoms with Crippen LogP contribution in [0.3, 0.4) is 0 Å². The van der Waals surface area contributed by atoms with Crippen LogP contribution < -0.4 is 5.32 Å². The number of carbonyl (C=O) groups is 2. The summed E-state index contributed by atoms with van der Waals surface area (Å²) in [4.78, 5) is 23.1. The highest BCUT2D eigenvalue weighted by atomic mass is 16.6. The van der Waals surface area contributed by atoms with Crippen LogP contribution in [0, 0.1) is 5.92 Å². The third-order valence-corrected chi connectivity index (χ3v) is 2.64. The highest BCUT2D eigenvalue weighted by Crippen LogP contribution is 2.25. The minimum Gasteiger partial charge on any atom is -0.444 e. The first-order valence-corrected chi connectivity index (χ1v) is 6.23. The molecule has 4 nitrogen and oxygen atoms in total. The minimum absolute atomic E-state index is 0.0514. The summed E-state index contributed by atoms with van der Waals surface area (Å²) in [5.41, 5.74) is -0.523. The maximum absolute atomic E-state index is 11.8. The molecule has 1 amide bonds. The molecular formula is C13H22NO3. The van der Waals surface area contributed by atoms with E-state index in [2.05, 4.69) is 5.32 Å². The van der Waals surface area contributed by atoms with E-state index in [9.17, 15) is 9.59 Å². The number of Topliss-reactive ketones (excluding diaryl/α,β-unsaturated/α-hetero) is 1. The molecular weight excluding hydrogens is 218 g/mol. The van der Waals surface area contributed by atoms with Crippen LogP contribution in [0.2, 0.25) is 0 Å². The van der Waals surface area contributed by atoms with Crippen molar-refractivity contribution in [2.24, 2.45) is 0 Å². The highest BCUT2D eigenvalue weighted by molar-refractivity contribution is 5.95. The van der Waals surface area contributed by atoms with Crippen LogP contribution in [0.4, 0.5) is 4.79 Å². The van der Waals surface area contributed by atoms with E-state index < -0.39 is 11.7 Å². The molecule has 1 fully saturated rings. The Morgan fingerprint density at radius 3 is 2.29 bits per heavy atom. The SMILES string of the molecule is CC(C)(C)OC(=O)NCC(=O)[C]1CCCCC1. The van der Waals surface area contributed by atoms with Crippen molar-refractivity contribution < 1.29 is 14.3 Å². The topological polar surface area (TPSA) is 55.4 Å². The summed E-state index contributed by atoms with van der Waals surface area (Å²) in [7, 11) is 0. The highest BCUT2D eigenvalue weighted by Gasteiger charge is 2.23. The summed E-state index contributed by atoms with van der Waals surface area (Å²) < 4.78 is 5.06. The third kappa shape index (κ3) is 5.71. The van der Waals surface area contributed by atoms with Crippen molar-refractivity contribution in [3.05, 3.63) is 5.92 Å². The lowest BCUT2D eigenvalue weighted by Gasteiger charge is -2.21. The van der Waals surface area contributed by atoms with Crippen LogP contribution >= 0.6 is 0 Å². The number of nitrogens with one attached hydrogen (secondary N) is 1. The van der Waals surface area contributed by atoms with Gasteiger partial charge in [-0.05, 0) is 33.6 Å². The first kappa shape index (κ1) is 14.0. The zero-order valence-corrected chi connectivity index (χ0v) is 11.0. The molecule has 0 bridgehead atoms. The largest absolute Gasteiger partial charge is 0.444 e. The summed E-state index contributed by atoms with van der Waals surface area (Å²) in [5, 5.41) is 2.50. The Kier molecular flexibility index (Phi) is 4.97. The molecule has 0 unspecified atom stereocenters. The van der Waals surface area contributed by atoms with E-state index in [0.717, 1.165) is 31.6 Å². The van der Waals surface area contributed by atoms with Crippen molar-refractivity contribution in [2.45, 2.75) is 58.5 Å². The predicted molar refractivity (Wildman–Crippen MR) is 65.6 cm³/mol. The number of ether oxygens (including phenoxy) is 1. The number of ketones is 1. The van der Waals surface area contributed by atoms with Gasteiger partial charge >= 0.3 is 6.09 Å². The van der Waals surface area contributed by atoms with Crippen LogP contribution in [0.15, 0.2) is 0 Å². The van der Waals surface area contributed by atoms with Crippen LogP contribution in [-0.2, 0) is 9.53 Å². The van der Waals surface area contributed by atoms with Gasteiger partial charge in [-0.25, -0.2) is 4.79 Å². The van der Waals surface area contributed by atoms with Gasteiger partial charge in [-0.3, -0.25) is 4.79 Å². The van der Waals surface area contributed by atoms with E-state index in [1.807, 2.05) is 0 Å². The van der Waals surface area contributed by atoms with Gasteiger partial charge < -0.3 is 10.1 Å². The number of rotatable bonds is 3. The fraction of sp³-hybridized carbons (Fsp3) is 0.769. The van der Waals surface area contributed by atoms with Gasteiger partial charge in [0.05, 0.1) is 6.54 Å². The van der Waals surface area contributed by atoms with E-state index in [4.69, 9.17) is 4.74 Å². The quantitative estimate of drug-likeness (QED) is 0.825. The van der Waals surface area contributed by atoms with E-state index in [0.29, 0.717) is 0 Å². The normalized spacial score (nSPS) is 17.6. The molecule has 0 aromatic rings. The Morgan fingerprint density at radius 2 is 1.76 bits per heavy atom. The summed E-state index contributed by atoms with van der Waals surface area (Å²) in [6.45, 7) is 5.45. The van der Waals surface area contributed by atoms with Gasteiger partial charge in [0, 0.05) is 5.92 Å². The van der Waals surface area contributed by atoms with Crippen molar-refractivity contribution in [2.75, 3.05) is 6.54 Å². The molecule has 4 heteroatoms. The second kappa shape index (κ2) is 6.03. The van der Waals surface area contributed by atoms with Crippen molar-refractivity contribution in [3.8, 4) is 0 Å². The second-order valence-electron chi connectivity index (χ2n) is 5.44. The lowest BCUT2D eigenvalue weighted by molar-refractivity contribution is -0.117. The molecule has 0 heterocycles. The van der Waals surface area contributed by atoms with Gasteiger partial charge in [-0.15, -0.1) is 0 Å². The predicted octanol–water partition coefficient (Wildman–Crippen LogP) is 2.62. The number of amides is 1. The fourth-order valence-electron chi connectivity index (χ4n) is 1.85. The smallest absolute Gasteiger partial charge is 0.408 e. The molecule has 1 aliphatic carbocycles. The summed E-state index contributed by atoms with van der Waals surface area (Å²) >= 11 is 0. The van der Waals surface area contributed by atoms with E-state index in [1.54, 1.807) is 20.8 Å².